The van der Waals surface area contributed by atoms with Gasteiger partial charge in [0.2, 0.25) is 0 Å². The maximum Gasteiger partial charge on any atom is 0.269 e. The minimum Gasteiger partial charge on any atom is -0.484 e. The van der Waals surface area contributed by atoms with Crippen molar-refractivity contribution >= 4 is 28.9 Å². The molecular weight excluding hydrogens is 322 g/mol. The Balaban J connectivity index is 1.80. The highest BCUT2D eigenvalue weighted by molar-refractivity contribution is 6.30. The SMILES string of the molecule is O=C(COc1ccc(Cl)cc1)N(c1ccccc1)c1ccccc1. The summed E-state index contributed by atoms with van der Waals surface area (Å²) in [5.74, 6) is 0.455. The molecule has 0 fully saturated rings. The summed E-state index contributed by atoms with van der Waals surface area (Å²) in [5, 5.41) is 0.629. The van der Waals surface area contributed by atoms with Crippen LogP contribution in [0.3, 0.4) is 0 Å². The molecule has 3 rings (SSSR count). The van der Waals surface area contributed by atoms with E-state index in [-0.39, 0.29) is 12.5 Å². The van der Waals surface area contributed by atoms with Crippen molar-refractivity contribution in [1.82, 2.24) is 0 Å². The van der Waals surface area contributed by atoms with Gasteiger partial charge >= 0.3 is 0 Å². The average molecular weight is 338 g/mol. The van der Waals surface area contributed by atoms with Crippen LogP contribution in [0.25, 0.3) is 0 Å². The van der Waals surface area contributed by atoms with Gasteiger partial charge in [-0.25, -0.2) is 0 Å². The van der Waals surface area contributed by atoms with Crippen molar-refractivity contribution in [2.75, 3.05) is 11.5 Å². The first kappa shape index (κ1) is 16.1. The summed E-state index contributed by atoms with van der Waals surface area (Å²) in [6.07, 6.45) is 0. The number of carbonyl (C=O) groups excluding carboxylic acids is 1. The smallest absolute Gasteiger partial charge is 0.269 e. The number of para-hydroxylation sites is 2. The number of ether oxygens (including phenoxy) is 1. The molecule has 3 nitrogen and oxygen atoms in total. The second-order valence-electron chi connectivity index (χ2n) is 5.14. The lowest BCUT2D eigenvalue weighted by molar-refractivity contribution is -0.119. The van der Waals surface area contributed by atoms with Crippen molar-refractivity contribution < 1.29 is 9.53 Å². The maximum absolute atomic E-state index is 12.8. The van der Waals surface area contributed by atoms with E-state index < -0.39 is 0 Å². The van der Waals surface area contributed by atoms with Gasteiger partial charge in [-0.2, -0.15) is 0 Å². The van der Waals surface area contributed by atoms with Gasteiger partial charge in [-0.15, -0.1) is 0 Å². The molecule has 0 saturated carbocycles. The van der Waals surface area contributed by atoms with Crippen LogP contribution in [0.5, 0.6) is 5.75 Å². The van der Waals surface area contributed by atoms with Crippen LogP contribution < -0.4 is 9.64 Å². The minimum atomic E-state index is -0.151. The summed E-state index contributed by atoms with van der Waals surface area (Å²) >= 11 is 5.85. The predicted octanol–water partition coefficient (Wildman–Crippen LogP) is 5.08. The van der Waals surface area contributed by atoms with Gasteiger partial charge in [-0.1, -0.05) is 48.0 Å². The first-order valence-corrected chi connectivity index (χ1v) is 7.93. The first-order chi connectivity index (χ1) is 11.7. The van der Waals surface area contributed by atoms with E-state index in [1.54, 1.807) is 29.2 Å². The molecule has 1 amide bonds. The van der Waals surface area contributed by atoms with Crippen molar-refractivity contribution in [2.45, 2.75) is 0 Å². The summed E-state index contributed by atoms with van der Waals surface area (Å²) in [4.78, 5) is 14.4. The number of benzene rings is 3. The topological polar surface area (TPSA) is 29.5 Å². The van der Waals surface area contributed by atoms with Crippen molar-refractivity contribution in [3.63, 3.8) is 0 Å². The van der Waals surface area contributed by atoms with Crippen LogP contribution in [0.4, 0.5) is 11.4 Å². The largest absolute Gasteiger partial charge is 0.484 e. The van der Waals surface area contributed by atoms with Gasteiger partial charge < -0.3 is 4.74 Å². The van der Waals surface area contributed by atoms with Gasteiger partial charge in [-0.3, -0.25) is 9.69 Å². The lowest BCUT2D eigenvalue weighted by atomic mass is 10.2. The number of hydrogen-bond donors (Lipinski definition) is 0. The van der Waals surface area contributed by atoms with Crippen LogP contribution in [-0.4, -0.2) is 12.5 Å². The summed E-state index contributed by atoms with van der Waals surface area (Å²) in [5.41, 5.74) is 1.60. The van der Waals surface area contributed by atoms with E-state index in [2.05, 4.69) is 0 Å². The van der Waals surface area contributed by atoms with Gasteiger partial charge in [0.1, 0.15) is 5.75 Å². The molecule has 3 aromatic carbocycles. The number of nitrogens with zero attached hydrogens (tertiary/aromatic N) is 1. The number of rotatable bonds is 5. The lowest BCUT2D eigenvalue weighted by Gasteiger charge is -2.23. The molecule has 0 saturated heterocycles. The molecule has 0 aliphatic rings. The molecule has 120 valence electrons. The second-order valence-corrected chi connectivity index (χ2v) is 5.58. The number of carbonyl (C=O) groups is 1. The van der Waals surface area contributed by atoms with Crippen LogP contribution >= 0.6 is 11.6 Å². The molecule has 0 spiro atoms. The Morgan fingerprint density at radius 2 is 1.29 bits per heavy atom. The standard InChI is InChI=1S/C20H16ClNO2/c21-16-11-13-19(14-12-16)24-15-20(23)22(17-7-3-1-4-8-17)18-9-5-2-6-10-18/h1-14H,15H2. The van der Waals surface area contributed by atoms with Crippen molar-refractivity contribution in [2.24, 2.45) is 0 Å². The summed E-state index contributed by atoms with van der Waals surface area (Å²) in [7, 11) is 0. The number of hydrogen-bond acceptors (Lipinski definition) is 2. The zero-order valence-corrected chi connectivity index (χ0v) is 13.7. The van der Waals surface area contributed by atoms with Crippen LogP contribution in [-0.2, 0) is 4.79 Å². The van der Waals surface area contributed by atoms with E-state index in [0.29, 0.717) is 10.8 Å². The van der Waals surface area contributed by atoms with Crippen LogP contribution in [0.1, 0.15) is 0 Å². The van der Waals surface area contributed by atoms with Crippen LogP contribution in [0.15, 0.2) is 84.9 Å². The van der Waals surface area contributed by atoms with Gasteiger partial charge in [0, 0.05) is 16.4 Å². The van der Waals surface area contributed by atoms with E-state index >= 15 is 0 Å². The lowest BCUT2D eigenvalue weighted by Crippen LogP contribution is -2.30. The van der Waals surface area contributed by atoms with Gasteiger partial charge in [0.25, 0.3) is 5.91 Å². The highest BCUT2D eigenvalue weighted by atomic mass is 35.5. The Hall–Kier alpha value is -2.78. The van der Waals surface area contributed by atoms with Crippen molar-refractivity contribution in [3.05, 3.63) is 90.0 Å². The summed E-state index contributed by atoms with van der Waals surface area (Å²) in [6, 6.07) is 26.0. The first-order valence-electron chi connectivity index (χ1n) is 7.55. The zero-order chi connectivity index (χ0) is 16.8. The Labute approximate surface area is 146 Å². The fraction of sp³-hybridized carbons (Fsp3) is 0.0500. The van der Waals surface area contributed by atoms with Crippen LogP contribution in [0.2, 0.25) is 5.02 Å². The van der Waals surface area contributed by atoms with Crippen molar-refractivity contribution in [1.29, 1.82) is 0 Å². The molecule has 0 heterocycles. The normalized spacial score (nSPS) is 10.2. The average Bonchev–Trinajstić information content (AvgIpc) is 2.63. The monoisotopic (exact) mass is 337 g/mol. The highest BCUT2D eigenvalue weighted by Crippen LogP contribution is 2.25. The molecule has 0 aliphatic carbocycles. The molecule has 0 atom stereocenters. The Kier molecular flexibility index (Phi) is 5.14. The molecule has 0 radical (unpaired) electrons. The third-order valence-corrected chi connectivity index (χ3v) is 3.71. The molecule has 4 heteroatoms. The molecular formula is C20H16ClNO2. The van der Waals surface area contributed by atoms with Crippen LogP contribution in [0, 0.1) is 0 Å². The second kappa shape index (κ2) is 7.66. The molecule has 0 aromatic heterocycles. The third-order valence-electron chi connectivity index (χ3n) is 3.45. The molecule has 0 unspecified atom stereocenters. The van der Waals surface area contributed by atoms with E-state index in [1.165, 1.54) is 0 Å². The fourth-order valence-corrected chi connectivity index (χ4v) is 2.46. The quantitative estimate of drug-likeness (QED) is 0.649. The van der Waals surface area contributed by atoms with E-state index in [9.17, 15) is 4.79 Å². The summed E-state index contributed by atoms with van der Waals surface area (Å²) < 4.78 is 5.60. The summed E-state index contributed by atoms with van der Waals surface area (Å²) in [6.45, 7) is -0.0641. The van der Waals surface area contributed by atoms with Gasteiger partial charge in [-0.05, 0) is 48.5 Å². The zero-order valence-electron chi connectivity index (χ0n) is 12.9. The van der Waals surface area contributed by atoms with Gasteiger partial charge in [0.15, 0.2) is 6.61 Å². The maximum atomic E-state index is 12.8. The number of halogens is 1. The molecule has 0 aliphatic heterocycles. The van der Waals surface area contributed by atoms with E-state index in [0.717, 1.165) is 11.4 Å². The molecule has 0 bridgehead atoms. The number of amides is 1. The molecule has 24 heavy (non-hydrogen) atoms. The van der Waals surface area contributed by atoms with E-state index in [4.69, 9.17) is 16.3 Å². The Morgan fingerprint density at radius 3 is 1.79 bits per heavy atom. The minimum absolute atomic E-state index is 0.0641. The van der Waals surface area contributed by atoms with Crippen molar-refractivity contribution in [3.8, 4) is 5.75 Å². The third kappa shape index (κ3) is 3.94. The molecule has 0 N–H and O–H groups in total. The number of anilines is 2. The van der Waals surface area contributed by atoms with Gasteiger partial charge in [0.05, 0.1) is 0 Å². The Morgan fingerprint density at radius 1 is 0.792 bits per heavy atom. The molecule has 3 aromatic rings. The highest BCUT2D eigenvalue weighted by Gasteiger charge is 2.18. The Bertz CT molecular complexity index is 749. The fourth-order valence-electron chi connectivity index (χ4n) is 2.33. The predicted molar refractivity (Wildman–Crippen MR) is 97.0 cm³/mol. The van der Waals surface area contributed by atoms with E-state index in [1.807, 2.05) is 60.7 Å².